The summed E-state index contributed by atoms with van der Waals surface area (Å²) in [6.07, 6.45) is -0.977. The molecule has 2 aliphatic rings. The van der Waals surface area contributed by atoms with Crippen LogP contribution >= 0.6 is 0 Å². The van der Waals surface area contributed by atoms with Crippen LogP contribution in [0.15, 0.2) is 35.5 Å². The van der Waals surface area contributed by atoms with E-state index in [1.807, 2.05) is 30.3 Å². The summed E-state index contributed by atoms with van der Waals surface area (Å²) < 4.78 is 4.73. The van der Waals surface area contributed by atoms with E-state index in [1.165, 1.54) is 0 Å². The largest absolute Gasteiger partial charge is 0.447 e. The number of ether oxygens (including phenoxy) is 1. The van der Waals surface area contributed by atoms with Gasteiger partial charge in [-0.25, -0.2) is 9.69 Å². The Morgan fingerprint density at radius 3 is 2.79 bits per heavy atom. The molecule has 0 saturated carbocycles. The van der Waals surface area contributed by atoms with E-state index < -0.39 is 18.1 Å². The van der Waals surface area contributed by atoms with Crippen LogP contribution in [0.3, 0.4) is 0 Å². The normalized spacial score (nSPS) is 21.9. The second kappa shape index (κ2) is 4.72. The van der Waals surface area contributed by atoms with Crippen LogP contribution in [-0.4, -0.2) is 41.9 Å². The minimum Gasteiger partial charge on any atom is -0.447 e. The van der Waals surface area contributed by atoms with Gasteiger partial charge in [0, 0.05) is 6.42 Å². The summed E-state index contributed by atoms with van der Waals surface area (Å²) >= 11 is 0. The number of amides is 2. The molecule has 1 fully saturated rings. The van der Waals surface area contributed by atoms with Crippen molar-refractivity contribution in [2.75, 3.05) is 13.2 Å². The average Bonchev–Trinajstić information content (AvgIpc) is 3.08. The first kappa shape index (κ1) is 11.7. The van der Waals surface area contributed by atoms with E-state index in [2.05, 4.69) is 5.16 Å². The molecule has 1 atom stereocenters. The summed E-state index contributed by atoms with van der Waals surface area (Å²) in [5.41, 5.74) is 1.63. The van der Waals surface area contributed by atoms with E-state index >= 15 is 0 Å². The van der Waals surface area contributed by atoms with Crippen molar-refractivity contribution < 1.29 is 19.2 Å². The molecule has 1 aromatic rings. The number of nitrogens with zero attached hydrogens (tertiary/aromatic N) is 2. The first-order valence-corrected chi connectivity index (χ1v) is 6.02. The van der Waals surface area contributed by atoms with Gasteiger partial charge in [-0.1, -0.05) is 35.5 Å². The Hall–Kier alpha value is -2.37. The molecule has 0 radical (unpaired) electrons. The topological polar surface area (TPSA) is 68.2 Å². The molecule has 6 heteroatoms. The maximum atomic E-state index is 12.1. The first-order chi connectivity index (χ1) is 9.25. The molecular formula is C13H12N2O4. The molecule has 2 aliphatic heterocycles. The Morgan fingerprint density at radius 1 is 1.32 bits per heavy atom. The fourth-order valence-electron chi connectivity index (χ4n) is 2.08. The van der Waals surface area contributed by atoms with Crippen LogP contribution in [0.5, 0.6) is 0 Å². The highest BCUT2D eigenvalue weighted by atomic mass is 16.6. The predicted octanol–water partition coefficient (Wildman–Crippen LogP) is 1.16. The van der Waals surface area contributed by atoms with Gasteiger partial charge in [0.05, 0.1) is 12.3 Å². The van der Waals surface area contributed by atoms with Crippen LogP contribution in [0.2, 0.25) is 0 Å². The fourth-order valence-corrected chi connectivity index (χ4v) is 2.08. The molecule has 0 spiro atoms. The Kier molecular flexibility index (Phi) is 2.91. The van der Waals surface area contributed by atoms with Gasteiger partial charge < -0.3 is 9.57 Å². The van der Waals surface area contributed by atoms with Gasteiger partial charge in [-0.15, -0.1) is 0 Å². The van der Waals surface area contributed by atoms with Gasteiger partial charge in [0.15, 0.2) is 0 Å². The summed E-state index contributed by atoms with van der Waals surface area (Å²) in [5, 5.41) is 3.92. The van der Waals surface area contributed by atoms with Crippen molar-refractivity contribution in [3.05, 3.63) is 35.9 Å². The smallest absolute Gasteiger partial charge is 0.416 e. The zero-order valence-electron chi connectivity index (χ0n) is 10.1. The molecule has 1 saturated heterocycles. The number of oxime groups is 1. The number of carbonyl (C=O) groups excluding carboxylic acids is 2. The van der Waals surface area contributed by atoms with Crippen LogP contribution < -0.4 is 0 Å². The van der Waals surface area contributed by atoms with E-state index in [-0.39, 0.29) is 13.2 Å². The number of hydrogen-bond donors (Lipinski definition) is 0. The monoisotopic (exact) mass is 260 g/mol. The van der Waals surface area contributed by atoms with E-state index in [0.29, 0.717) is 12.1 Å². The van der Waals surface area contributed by atoms with Gasteiger partial charge in [-0.05, 0) is 5.56 Å². The van der Waals surface area contributed by atoms with Crippen LogP contribution in [0.4, 0.5) is 4.79 Å². The summed E-state index contributed by atoms with van der Waals surface area (Å²) in [5.74, 6) is -0.391. The Bertz CT molecular complexity index is 541. The maximum Gasteiger partial charge on any atom is 0.416 e. The number of benzene rings is 1. The van der Waals surface area contributed by atoms with Crippen molar-refractivity contribution in [1.29, 1.82) is 0 Å². The molecule has 0 bridgehead atoms. The molecule has 2 heterocycles. The summed E-state index contributed by atoms with van der Waals surface area (Å²) in [7, 11) is 0. The molecule has 0 unspecified atom stereocenters. The standard InChI is InChI=1S/C13H12N2O4/c16-12(15-6-7-18-13(15)17)11-8-10(14-19-11)9-4-2-1-3-5-9/h1-5,11H,6-8H2/t11-/m0/s1. The van der Waals surface area contributed by atoms with E-state index in [9.17, 15) is 9.59 Å². The second-order valence-corrected chi connectivity index (χ2v) is 4.31. The number of rotatable bonds is 2. The molecule has 1 aromatic carbocycles. The fraction of sp³-hybridized carbons (Fsp3) is 0.308. The average molecular weight is 260 g/mol. The molecule has 98 valence electrons. The predicted molar refractivity (Wildman–Crippen MR) is 65.5 cm³/mol. The van der Waals surface area contributed by atoms with Crippen LogP contribution in [0.25, 0.3) is 0 Å². The van der Waals surface area contributed by atoms with Gasteiger partial charge >= 0.3 is 6.09 Å². The summed E-state index contributed by atoms with van der Waals surface area (Å²) in [6, 6.07) is 9.50. The molecule has 2 amide bonds. The van der Waals surface area contributed by atoms with Crippen molar-refractivity contribution in [1.82, 2.24) is 4.90 Å². The van der Waals surface area contributed by atoms with Crippen molar-refractivity contribution >= 4 is 17.7 Å². The lowest BCUT2D eigenvalue weighted by atomic mass is 10.0. The maximum absolute atomic E-state index is 12.1. The number of hydrogen-bond acceptors (Lipinski definition) is 5. The molecule has 0 N–H and O–H groups in total. The quantitative estimate of drug-likeness (QED) is 0.800. The van der Waals surface area contributed by atoms with Gasteiger partial charge in [-0.3, -0.25) is 4.79 Å². The minimum atomic E-state index is -0.735. The van der Waals surface area contributed by atoms with Gasteiger partial charge in [0.2, 0.25) is 6.10 Å². The lowest BCUT2D eigenvalue weighted by molar-refractivity contribution is -0.138. The van der Waals surface area contributed by atoms with Crippen molar-refractivity contribution in [2.45, 2.75) is 12.5 Å². The third-order valence-corrected chi connectivity index (χ3v) is 3.08. The zero-order valence-corrected chi connectivity index (χ0v) is 10.1. The highest BCUT2D eigenvalue weighted by molar-refractivity contribution is 6.05. The Morgan fingerprint density at radius 2 is 2.11 bits per heavy atom. The minimum absolute atomic E-state index is 0.240. The number of imide groups is 1. The molecule has 0 aromatic heterocycles. The highest BCUT2D eigenvalue weighted by Crippen LogP contribution is 2.19. The van der Waals surface area contributed by atoms with E-state index in [4.69, 9.17) is 9.57 Å². The molecule has 0 aliphatic carbocycles. The zero-order chi connectivity index (χ0) is 13.2. The third kappa shape index (κ3) is 2.16. The van der Waals surface area contributed by atoms with Crippen LogP contribution in [0, 0.1) is 0 Å². The highest BCUT2D eigenvalue weighted by Gasteiger charge is 2.38. The van der Waals surface area contributed by atoms with Crippen molar-refractivity contribution in [3.8, 4) is 0 Å². The van der Waals surface area contributed by atoms with Gasteiger partial charge in [0.25, 0.3) is 5.91 Å². The van der Waals surface area contributed by atoms with E-state index in [0.717, 1.165) is 10.5 Å². The number of carbonyl (C=O) groups is 2. The molecule has 3 rings (SSSR count). The second-order valence-electron chi connectivity index (χ2n) is 4.31. The lowest BCUT2D eigenvalue weighted by Crippen LogP contribution is -2.39. The molecule has 19 heavy (non-hydrogen) atoms. The lowest BCUT2D eigenvalue weighted by Gasteiger charge is -2.13. The van der Waals surface area contributed by atoms with Crippen LogP contribution in [-0.2, 0) is 14.4 Å². The summed E-state index contributed by atoms with van der Waals surface area (Å²) in [4.78, 5) is 29.6. The Balaban J connectivity index is 1.68. The van der Waals surface area contributed by atoms with Gasteiger partial charge in [-0.2, -0.15) is 0 Å². The molecule has 6 nitrogen and oxygen atoms in total. The van der Waals surface area contributed by atoms with E-state index in [1.54, 1.807) is 0 Å². The molecular weight excluding hydrogens is 248 g/mol. The van der Waals surface area contributed by atoms with Crippen molar-refractivity contribution in [3.63, 3.8) is 0 Å². The van der Waals surface area contributed by atoms with Crippen molar-refractivity contribution in [2.24, 2.45) is 5.16 Å². The number of cyclic esters (lactones) is 1. The van der Waals surface area contributed by atoms with Gasteiger partial charge in [0.1, 0.15) is 6.61 Å². The summed E-state index contributed by atoms with van der Waals surface area (Å²) in [6.45, 7) is 0.516. The Labute approximate surface area is 109 Å². The SMILES string of the molecule is O=C1OCCN1C(=O)[C@@H]1CC(c2ccccc2)=NO1. The first-order valence-electron chi connectivity index (χ1n) is 6.02. The third-order valence-electron chi connectivity index (χ3n) is 3.08. The van der Waals surface area contributed by atoms with Crippen LogP contribution in [0.1, 0.15) is 12.0 Å².